The number of benzene rings is 2. The number of rotatable bonds is 6. The molecule has 0 aliphatic rings. The quantitative estimate of drug-likeness (QED) is 0.359. The molecule has 0 bridgehead atoms. The van der Waals surface area contributed by atoms with Gasteiger partial charge in [0.1, 0.15) is 0 Å². The third-order valence-electron chi connectivity index (χ3n) is 4.67. The summed E-state index contributed by atoms with van der Waals surface area (Å²) in [6, 6.07) is 17.1. The monoisotopic (exact) mass is 434 g/mol. The van der Waals surface area contributed by atoms with E-state index in [1.165, 1.54) is 4.57 Å². The molecule has 0 radical (unpaired) electrons. The van der Waals surface area contributed by atoms with E-state index in [-0.39, 0.29) is 11.2 Å². The second-order valence-electron chi connectivity index (χ2n) is 6.80. The third kappa shape index (κ3) is 4.49. The predicted molar refractivity (Wildman–Crippen MR) is 124 cm³/mol. The number of hydrogen-bond acceptors (Lipinski definition) is 5. The number of hydrazone groups is 1. The van der Waals surface area contributed by atoms with E-state index in [2.05, 4.69) is 20.5 Å². The van der Waals surface area contributed by atoms with E-state index in [1.54, 1.807) is 36.0 Å². The van der Waals surface area contributed by atoms with Crippen LogP contribution in [0.15, 0.2) is 75.4 Å². The van der Waals surface area contributed by atoms with Gasteiger partial charge in [-0.05, 0) is 29.3 Å². The Labute approximate surface area is 182 Å². The van der Waals surface area contributed by atoms with Crippen LogP contribution in [-0.4, -0.2) is 25.3 Å². The number of aromatic amines is 1. The lowest BCUT2D eigenvalue weighted by molar-refractivity contribution is 0.808. The molecule has 0 atom stereocenters. The number of nitrogens with one attached hydrogen (secondary N) is 2. The molecule has 0 unspecified atom stereocenters. The predicted octanol–water partition coefficient (Wildman–Crippen LogP) is 3.24. The summed E-state index contributed by atoms with van der Waals surface area (Å²) in [5, 5.41) is 4.80. The summed E-state index contributed by atoms with van der Waals surface area (Å²) in [5.74, 6) is 0.334. The minimum Gasteiger partial charge on any atom is -0.298 e. The molecule has 4 aromatic rings. The van der Waals surface area contributed by atoms with Crippen molar-refractivity contribution in [2.45, 2.75) is 6.54 Å². The van der Waals surface area contributed by atoms with Crippen molar-refractivity contribution in [1.82, 2.24) is 19.1 Å². The first kappa shape index (κ1) is 20.4. The number of nitrogens with zero attached hydrogens (tertiary/aromatic N) is 4. The molecule has 9 heteroatoms. The normalized spacial score (nSPS) is 11.7. The minimum absolute atomic E-state index is 0.264. The number of aromatic nitrogens is 4. The molecule has 2 N–H and O–H groups in total. The van der Waals surface area contributed by atoms with E-state index in [0.29, 0.717) is 17.5 Å². The standard InChI is InChI=1S/C22H19ClN6O2/c1-28-19-18(20(30)26-22(28)31)29(14-16-9-11-17(23)12-10-16)21(25-19)27-24-13-5-8-15-6-3-2-4-7-15/h2-13H,14H2,1H3,(H,25,27)(H,26,30,31). The Bertz CT molecular complexity index is 1380. The van der Waals surface area contributed by atoms with Crippen LogP contribution in [0.2, 0.25) is 5.02 Å². The van der Waals surface area contributed by atoms with E-state index < -0.39 is 11.2 Å². The molecule has 0 amide bonds. The van der Waals surface area contributed by atoms with Crippen LogP contribution in [0, 0.1) is 0 Å². The molecule has 4 rings (SSSR count). The van der Waals surface area contributed by atoms with Gasteiger partial charge in [-0.3, -0.25) is 18.9 Å². The van der Waals surface area contributed by atoms with E-state index in [0.717, 1.165) is 11.1 Å². The average Bonchev–Trinajstić information content (AvgIpc) is 3.13. The molecule has 0 saturated heterocycles. The van der Waals surface area contributed by atoms with Crippen molar-refractivity contribution in [3.63, 3.8) is 0 Å². The Morgan fingerprint density at radius 1 is 1.13 bits per heavy atom. The van der Waals surface area contributed by atoms with Crippen molar-refractivity contribution in [3.05, 3.63) is 97.7 Å². The number of aryl methyl sites for hydroxylation is 1. The second kappa shape index (κ2) is 8.85. The summed E-state index contributed by atoms with van der Waals surface area (Å²) in [5.41, 5.74) is 4.32. The van der Waals surface area contributed by atoms with Crippen LogP contribution in [0.1, 0.15) is 11.1 Å². The molecule has 2 heterocycles. The molecule has 0 aliphatic carbocycles. The summed E-state index contributed by atoms with van der Waals surface area (Å²) in [4.78, 5) is 31.3. The van der Waals surface area contributed by atoms with Crippen LogP contribution in [0.25, 0.3) is 17.2 Å². The first-order chi connectivity index (χ1) is 15.0. The smallest absolute Gasteiger partial charge is 0.298 e. The van der Waals surface area contributed by atoms with Crippen molar-refractivity contribution in [3.8, 4) is 0 Å². The number of imidazole rings is 1. The van der Waals surface area contributed by atoms with Crippen molar-refractivity contribution in [1.29, 1.82) is 0 Å². The Morgan fingerprint density at radius 3 is 2.61 bits per heavy atom. The fraction of sp³-hybridized carbons (Fsp3) is 0.0909. The van der Waals surface area contributed by atoms with Crippen LogP contribution >= 0.6 is 11.6 Å². The lowest BCUT2D eigenvalue weighted by atomic mass is 10.2. The topological polar surface area (TPSA) is 97.1 Å². The summed E-state index contributed by atoms with van der Waals surface area (Å²) in [7, 11) is 1.55. The highest BCUT2D eigenvalue weighted by Crippen LogP contribution is 2.19. The van der Waals surface area contributed by atoms with Gasteiger partial charge >= 0.3 is 5.69 Å². The average molecular weight is 435 g/mol. The fourth-order valence-electron chi connectivity index (χ4n) is 3.10. The molecule has 31 heavy (non-hydrogen) atoms. The zero-order chi connectivity index (χ0) is 21.8. The summed E-state index contributed by atoms with van der Waals surface area (Å²) < 4.78 is 2.97. The largest absolute Gasteiger partial charge is 0.329 e. The SMILES string of the molecule is Cn1c(=O)[nH]c(=O)c2c1nc(NN=CC=Cc1ccccc1)n2Cc1ccc(Cl)cc1. The van der Waals surface area contributed by atoms with Crippen molar-refractivity contribution < 1.29 is 0 Å². The Morgan fingerprint density at radius 2 is 1.87 bits per heavy atom. The highest BCUT2D eigenvalue weighted by molar-refractivity contribution is 6.30. The van der Waals surface area contributed by atoms with Gasteiger partial charge in [-0.15, -0.1) is 0 Å². The van der Waals surface area contributed by atoms with E-state index in [1.807, 2.05) is 48.5 Å². The summed E-state index contributed by atoms with van der Waals surface area (Å²) in [6.45, 7) is 0.340. The van der Waals surface area contributed by atoms with Gasteiger partial charge in [0.2, 0.25) is 5.95 Å². The molecular weight excluding hydrogens is 416 g/mol. The van der Waals surface area contributed by atoms with E-state index in [4.69, 9.17) is 11.6 Å². The van der Waals surface area contributed by atoms with Crippen molar-refractivity contribution >= 4 is 41.0 Å². The molecule has 156 valence electrons. The van der Waals surface area contributed by atoms with E-state index in [9.17, 15) is 9.59 Å². The van der Waals surface area contributed by atoms with Crippen molar-refractivity contribution in [2.24, 2.45) is 12.1 Å². The molecule has 8 nitrogen and oxygen atoms in total. The van der Waals surface area contributed by atoms with Gasteiger partial charge in [0, 0.05) is 18.3 Å². The maximum Gasteiger partial charge on any atom is 0.329 e. The van der Waals surface area contributed by atoms with Gasteiger partial charge in [-0.25, -0.2) is 10.2 Å². The molecule has 0 saturated carbocycles. The number of allylic oxidation sites excluding steroid dienone is 1. The van der Waals surface area contributed by atoms with E-state index >= 15 is 0 Å². The van der Waals surface area contributed by atoms with Crippen LogP contribution in [0.3, 0.4) is 0 Å². The number of hydrogen-bond donors (Lipinski definition) is 2. The van der Waals surface area contributed by atoms with Gasteiger partial charge in [-0.1, -0.05) is 60.1 Å². The molecule has 2 aromatic carbocycles. The molecule has 0 spiro atoms. The Kier molecular flexibility index (Phi) is 5.81. The summed E-state index contributed by atoms with van der Waals surface area (Å²) >= 11 is 5.98. The van der Waals surface area contributed by atoms with Gasteiger partial charge in [-0.2, -0.15) is 10.1 Å². The zero-order valence-electron chi connectivity index (χ0n) is 16.6. The van der Waals surface area contributed by atoms with Gasteiger partial charge < -0.3 is 0 Å². The maximum atomic E-state index is 12.5. The van der Waals surface area contributed by atoms with Crippen LogP contribution in [0.4, 0.5) is 5.95 Å². The van der Waals surface area contributed by atoms with Gasteiger partial charge in [0.15, 0.2) is 11.2 Å². The number of H-pyrrole nitrogens is 1. The first-order valence-electron chi connectivity index (χ1n) is 9.48. The van der Waals surface area contributed by atoms with Crippen LogP contribution in [0.5, 0.6) is 0 Å². The molecule has 2 aromatic heterocycles. The minimum atomic E-state index is -0.533. The molecular formula is C22H19ClN6O2. The molecule has 0 aliphatic heterocycles. The van der Waals surface area contributed by atoms with Gasteiger partial charge in [0.05, 0.1) is 6.54 Å². The number of anilines is 1. The lowest BCUT2D eigenvalue weighted by Gasteiger charge is -2.08. The summed E-state index contributed by atoms with van der Waals surface area (Å²) in [6.07, 6.45) is 5.29. The molecule has 0 fully saturated rings. The third-order valence-corrected chi connectivity index (χ3v) is 4.93. The lowest BCUT2D eigenvalue weighted by Crippen LogP contribution is -2.29. The maximum absolute atomic E-state index is 12.5. The highest BCUT2D eigenvalue weighted by atomic mass is 35.5. The van der Waals surface area contributed by atoms with Crippen LogP contribution in [-0.2, 0) is 13.6 Å². The van der Waals surface area contributed by atoms with Crippen LogP contribution < -0.4 is 16.7 Å². The van der Waals surface area contributed by atoms with Crippen molar-refractivity contribution in [2.75, 3.05) is 5.43 Å². The highest BCUT2D eigenvalue weighted by Gasteiger charge is 2.17. The first-order valence-corrected chi connectivity index (χ1v) is 9.85. The second-order valence-corrected chi connectivity index (χ2v) is 7.23. The number of fused-ring (bicyclic) bond motifs is 1. The number of halogens is 1. The van der Waals surface area contributed by atoms with Gasteiger partial charge in [0.25, 0.3) is 5.56 Å². The Hall–Kier alpha value is -3.91. The Balaban J connectivity index is 1.68. The zero-order valence-corrected chi connectivity index (χ0v) is 17.4. The fourth-order valence-corrected chi connectivity index (χ4v) is 3.23.